The summed E-state index contributed by atoms with van der Waals surface area (Å²) in [5.74, 6) is 1.74. The van der Waals surface area contributed by atoms with Crippen LogP contribution in [0, 0.1) is 5.41 Å². The molecule has 1 aliphatic carbocycles. The predicted octanol–water partition coefficient (Wildman–Crippen LogP) is 10.3. The molecule has 2 aromatic carbocycles. The molecule has 0 saturated heterocycles. The van der Waals surface area contributed by atoms with Gasteiger partial charge < -0.3 is 9.47 Å². The summed E-state index contributed by atoms with van der Waals surface area (Å²) < 4.78 is 11.0. The topological polar surface area (TPSA) is 18.5 Å². The summed E-state index contributed by atoms with van der Waals surface area (Å²) in [6.45, 7) is 25.5. The van der Waals surface area contributed by atoms with Crippen molar-refractivity contribution in [1.29, 1.82) is 0 Å². The van der Waals surface area contributed by atoms with Crippen molar-refractivity contribution >= 4 is 0 Å². The zero-order valence-electron chi connectivity index (χ0n) is 25.3. The van der Waals surface area contributed by atoms with Crippen molar-refractivity contribution in [3.8, 4) is 11.5 Å². The molecule has 36 heavy (non-hydrogen) atoms. The molecule has 2 heteroatoms. The quantitative estimate of drug-likeness (QED) is 0.339. The minimum Gasteiger partial charge on any atom is -0.486 e. The second-order valence-corrected chi connectivity index (χ2v) is 12.4. The summed E-state index contributed by atoms with van der Waals surface area (Å²) >= 11 is 0. The van der Waals surface area contributed by atoms with Crippen molar-refractivity contribution < 1.29 is 9.47 Å². The van der Waals surface area contributed by atoms with Crippen LogP contribution >= 0.6 is 0 Å². The fourth-order valence-corrected chi connectivity index (χ4v) is 3.97. The number of hydrogen-bond acceptors (Lipinski definition) is 2. The molecular weight excluding hydrogens is 440 g/mol. The van der Waals surface area contributed by atoms with Gasteiger partial charge in [0, 0.05) is 0 Å². The van der Waals surface area contributed by atoms with Crippen LogP contribution in [-0.4, -0.2) is 13.2 Å². The molecule has 0 amide bonds. The third-order valence-corrected chi connectivity index (χ3v) is 6.30. The smallest absolute Gasteiger partial charge is 0.161 e. The standard InChI is InChI=1S/C12H16O2.C10H18.C10H14.C2H6/c1-12(2,3)9-4-5-10-11(8-9)14-7-6-13-10;2*1-10(2,3)9-7-5-4-6-8-9;1-2/h4-5,8H,6-7H2,1-3H3;7H,4-6,8H2,1-3H3;4-8H,1-3H3;1-2H3. The summed E-state index contributed by atoms with van der Waals surface area (Å²) in [6.07, 6.45) is 7.89. The van der Waals surface area contributed by atoms with Gasteiger partial charge in [-0.2, -0.15) is 0 Å². The van der Waals surface area contributed by atoms with Gasteiger partial charge in [-0.1, -0.05) is 124 Å². The SMILES string of the molecule is CC.CC(C)(C)C1=CCCCC1.CC(C)(C)c1ccc2c(c1)OCCO2.CC(C)(C)c1ccccc1. The number of ether oxygens (including phenoxy) is 2. The Bertz CT molecular complexity index is 903. The number of hydrogen-bond donors (Lipinski definition) is 0. The highest BCUT2D eigenvalue weighted by atomic mass is 16.6. The van der Waals surface area contributed by atoms with E-state index in [1.165, 1.54) is 36.8 Å². The predicted molar refractivity (Wildman–Crippen MR) is 159 cm³/mol. The van der Waals surface area contributed by atoms with Crippen LogP contribution < -0.4 is 9.47 Å². The monoisotopic (exact) mass is 494 g/mol. The van der Waals surface area contributed by atoms with Crippen molar-refractivity contribution in [2.45, 2.75) is 113 Å². The molecule has 0 N–H and O–H groups in total. The van der Waals surface area contributed by atoms with Crippen molar-refractivity contribution in [2.24, 2.45) is 5.41 Å². The minimum atomic E-state index is 0.163. The highest BCUT2D eigenvalue weighted by Gasteiger charge is 2.19. The van der Waals surface area contributed by atoms with Gasteiger partial charge in [-0.05, 0) is 65.2 Å². The molecular formula is C34H54O2. The molecule has 1 aliphatic heterocycles. The van der Waals surface area contributed by atoms with Gasteiger partial charge in [-0.25, -0.2) is 0 Å². The maximum absolute atomic E-state index is 5.53. The maximum atomic E-state index is 5.53. The van der Waals surface area contributed by atoms with Crippen LogP contribution in [0.15, 0.2) is 60.2 Å². The lowest BCUT2D eigenvalue weighted by Crippen LogP contribution is -2.17. The summed E-state index contributed by atoms with van der Waals surface area (Å²) in [7, 11) is 0. The molecule has 0 bridgehead atoms. The summed E-state index contributed by atoms with van der Waals surface area (Å²) in [5, 5.41) is 0. The van der Waals surface area contributed by atoms with E-state index in [9.17, 15) is 0 Å². The lowest BCUT2D eigenvalue weighted by Gasteiger charge is -2.25. The first-order chi connectivity index (χ1) is 16.8. The largest absolute Gasteiger partial charge is 0.486 e. The Morgan fingerprint density at radius 1 is 0.583 bits per heavy atom. The van der Waals surface area contributed by atoms with Gasteiger partial charge in [0.15, 0.2) is 11.5 Å². The number of benzene rings is 2. The van der Waals surface area contributed by atoms with E-state index in [1.54, 1.807) is 5.57 Å². The highest BCUT2D eigenvalue weighted by molar-refractivity contribution is 5.45. The Morgan fingerprint density at radius 3 is 1.56 bits per heavy atom. The van der Waals surface area contributed by atoms with Gasteiger partial charge in [-0.3, -0.25) is 0 Å². The van der Waals surface area contributed by atoms with Crippen LogP contribution in [0.2, 0.25) is 0 Å². The molecule has 202 valence electrons. The molecule has 0 atom stereocenters. The van der Waals surface area contributed by atoms with Crippen molar-refractivity contribution in [3.63, 3.8) is 0 Å². The van der Waals surface area contributed by atoms with E-state index in [0.29, 0.717) is 24.0 Å². The average molecular weight is 495 g/mol. The fourth-order valence-electron chi connectivity index (χ4n) is 3.97. The van der Waals surface area contributed by atoms with E-state index in [0.717, 1.165) is 11.5 Å². The van der Waals surface area contributed by atoms with Crippen LogP contribution in [0.25, 0.3) is 0 Å². The van der Waals surface area contributed by atoms with E-state index >= 15 is 0 Å². The van der Waals surface area contributed by atoms with E-state index in [2.05, 4.69) is 111 Å². The van der Waals surface area contributed by atoms with Crippen LogP contribution in [0.4, 0.5) is 0 Å². The van der Waals surface area contributed by atoms with Crippen LogP contribution in [-0.2, 0) is 10.8 Å². The normalized spacial score (nSPS) is 15.0. The molecule has 2 aromatic rings. The van der Waals surface area contributed by atoms with Crippen molar-refractivity contribution in [3.05, 3.63) is 71.3 Å². The highest BCUT2D eigenvalue weighted by Crippen LogP contribution is 2.35. The Kier molecular flexibility index (Phi) is 12.8. The van der Waals surface area contributed by atoms with Crippen LogP contribution in [0.3, 0.4) is 0 Å². The fraction of sp³-hybridized carbons (Fsp3) is 0.588. The second kappa shape index (κ2) is 14.5. The maximum Gasteiger partial charge on any atom is 0.161 e. The van der Waals surface area contributed by atoms with E-state index in [-0.39, 0.29) is 5.41 Å². The lowest BCUT2D eigenvalue weighted by atomic mass is 9.80. The molecule has 0 spiro atoms. The minimum absolute atomic E-state index is 0.163. The van der Waals surface area contributed by atoms with Gasteiger partial charge in [0.25, 0.3) is 0 Å². The van der Waals surface area contributed by atoms with E-state index < -0.39 is 0 Å². The number of fused-ring (bicyclic) bond motifs is 1. The number of allylic oxidation sites excluding steroid dienone is 2. The molecule has 2 nitrogen and oxygen atoms in total. The molecule has 0 unspecified atom stereocenters. The first kappa shape index (κ1) is 31.8. The summed E-state index contributed by atoms with van der Waals surface area (Å²) in [6, 6.07) is 16.7. The van der Waals surface area contributed by atoms with Gasteiger partial charge in [-0.15, -0.1) is 0 Å². The summed E-state index contributed by atoms with van der Waals surface area (Å²) in [5.41, 5.74) is 5.23. The Morgan fingerprint density at radius 2 is 1.14 bits per heavy atom. The van der Waals surface area contributed by atoms with E-state index in [4.69, 9.17) is 9.47 Å². The van der Waals surface area contributed by atoms with Crippen LogP contribution in [0.5, 0.6) is 11.5 Å². The average Bonchev–Trinajstić information content (AvgIpc) is 2.85. The van der Waals surface area contributed by atoms with Gasteiger partial charge in [0.1, 0.15) is 13.2 Å². The zero-order valence-corrected chi connectivity index (χ0v) is 25.3. The third-order valence-electron chi connectivity index (χ3n) is 6.30. The Balaban J connectivity index is 0.000000266. The molecule has 0 aromatic heterocycles. The Labute approximate surface area is 223 Å². The van der Waals surface area contributed by atoms with Crippen molar-refractivity contribution in [2.75, 3.05) is 13.2 Å². The first-order valence-corrected chi connectivity index (χ1v) is 13.9. The molecule has 0 fully saturated rings. The van der Waals surface area contributed by atoms with Crippen molar-refractivity contribution in [1.82, 2.24) is 0 Å². The molecule has 2 aliphatic rings. The van der Waals surface area contributed by atoms with Gasteiger partial charge >= 0.3 is 0 Å². The van der Waals surface area contributed by atoms with Crippen LogP contribution in [0.1, 0.15) is 113 Å². The molecule has 0 saturated carbocycles. The van der Waals surface area contributed by atoms with E-state index in [1.807, 2.05) is 19.9 Å². The summed E-state index contributed by atoms with van der Waals surface area (Å²) in [4.78, 5) is 0. The molecule has 0 radical (unpaired) electrons. The first-order valence-electron chi connectivity index (χ1n) is 13.9. The molecule has 4 rings (SSSR count). The van der Waals surface area contributed by atoms with Gasteiger partial charge in [0.05, 0.1) is 0 Å². The zero-order chi connectivity index (χ0) is 27.4. The number of rotatable bonds is 0. The third kappa shape index (κ3) is 11.2. The molecule has 1 heterocycles. The van der Waals surface area contributed by atoms with Gasteiger partial charge in [0.2, 0.25) is 0 Å². The lowest BCUT2D eigenvalue weighted by molar-refractivity contribution is 0.171. The Hall–Kier alpha value is -2.22. The second-order valence-electron chi connectivity index (χ2n) is 12.4.